The minimum absolute atomic E-state index is 0.226. The topological polar surface area (TPSA) is 61.4 Å². The molecule has 80 valence electrons. The smallest absolute Gasteiger partial charge is 0.104 e. The predicted octanol–water partition coefficient (Wildman–Crippen LogP) is 0.911. The zero-order valence-corrected chi connectivity index (χ0v) is 10.1. The number of halogens is 1. The summed E-state index contributed by atoms with van der Waals surface area (Å²) in [5.41, 5.74) is 1.90. The second-order valence-corrected chi connectivity index (χ2v) is 4.63. The molecule has 1 unspecified atom stereocenters. The fraction of sp³-hybridized carbons (Fsp3) is 0.500. The zero-order valence-electron chi connectivity index (χ0n) is 8.50. The second-order valence-electron chi connectivity index (χ2n) is 3.26. The van der Waals surface area contributed by atoms with E-state index in [0.717, 1.165) is 11.4 Å². The summed E-state index contributed by atoms with van der Waals surface area (Å²) in [5, 5.41) is 16.1. The molecule has 6 nitrogen and oxygen atoms in total. The SMILES string of the molecule is CC(Br)c1cnnn1Cc1cnn(C)n1. The molecule has 2 rings (SSSR count). The van der Waals surface area contributed by atoms with Crippen LogP contribution in [0.1, 0.15) is 23.1 Å². The monoisotopic (exact) mass is 270 g/mol. The first-order valence-corrected chi connectivity index (χ1v) is 5.46. The van der Waals surface area contributed by atoms with Gasteiger partial charge in [0, 0.05) is 7.05 Å². The molecule has 0 bridgehead atoms. The molecule has 0 aliphatic rings. The minimum Gasteiger partial charge on any atom is -0.242 e. The molecule has 0 spiro atoms. The lowest BCUT2D eigenvalue weighted by atomic mass is 10.3. The van der Waals surface area contributed by atoms with E-state index < -0.39 is 0 Å². The summed E-state index contributed by atoms with van der Waals surface area (Å²) in [6.07, 6.45) is 3.47. The maximum absolute atomic E-state index is 4.19. The maximum Gasteiger partial charge on any atom is 0.104 e. The average Bonchev–Trinajstić information content (AvgIpc) is 2.75. The van der Waals surface area contributed by atoms with Crippen LogP contribution in [0.2, 0.25) is 0 Å². The molecule has 0 aliphatic carbocycles. The molecule has 1 atom stereocenters. The fourth-order valence-electron chi connectivity index (χ4n) is 1.31. The van der Waals surface area contributed by atoms with Gasteiger partial charge in [-0.15, -0.1) is 5.10 Å². The fourth-order valence-corrected chi connectivity index (χ4v) is 1.66. The van der Waals surface area contributed by atoms with Crippen LogP contribution in [0.15, 0.2) is 12.4 Å². The van der Waals surface area contributed by atoms with Gasteiger partial charge in [0.1, 0.15) is 5.69 Å². The molecular formula is C8H11BrN6. The molecule has 15 heavy (non-hydrogen) atoms. The zero-order chi connectivity index (χ0) is 10.8. The van der Waals surface area contributed by atoms with Gasteiger partial charge in [-0.3, -0.25) is 0 Å². The number of rotatable bonds is 3. The van der Waals surface area contributed by atoms with Gasteiger partial charge >= 0.3 is 0 Å². The average molecular weight is 271 g/mol. The van der Waals surface area contributed by atoms with Gasteiger partial charge in [-0.1, -0.05) is 21.1 Å². The summed E-state index contributed by atoms with van der Waals surface area (Å²) in [6, 6.07) is 0. The lowest BCUT2D eigenvalue weighted by Gasteiger charge is -2.04. The van der Waals surface area contributed by atoms with E-state index in [2.05, 4.69) is 36.4 Å². The molecule has 0 N–H and O–H groups in total. The summed E-state index contributed by atoms with van der Waals surface area (Å²) in [4.78, 5) is 1.76. The van der Waals surface area contributed by atoms with Gasteiger partial charge in [-0.2, -0.15) is 15.0 Å². The molecule has 0 amide bonds. The van der Waals surface area contributed by atoms with Crippen molar-refractivity contribution in [1.29, 1.82) is 0 Å². The molecule has 0 radical (unpaired) electrons. The van der Waals surface area contributed by atoms with E-state index in [4.69, 9.17) is 0 Å². The summed E-state index contributed by atoms with van der Waals surface area (Å²) in [7, 11) is 1.79. The van der Waals surface area contributed by atoms with Crippen LogP contribution < -0.4 is 0 Å². The number of nitrogens with zero attached hydrogens (tertiary/aromatic N) is 6. The van der Waals surface area contributed by atoms with Gasteiger partial charge in [-0.25, -0.2) is 4.68 Å². The van der Waals surface area contributed by atoms with Crippen LogP contribution in [-0.2, 0) is 13.6 Å². The summed E-state index contributed by atoms with van der Waals surface area (Å²) >= 11 is 3.49. The number of aromatic nitrogens is 6. The Bertz CT molecular complexity index is 445. The molecule has 7 heteroatoms. The van der Waals surface area contributed by atoms with Crippen LogP contribution in [0, 0.1) is 0 Å². The lowest BCUT2D eigenvalue weighted by molar-refractivity contribution is 0.591. The Balaban J connectivity index is 2.20. The third-order valence-corrected chi connectivity index (χ3v) is 2.48. The highest BCUT2D eigenvalue weighted by Crippen LogP contribution is 2.20. The summed E-state index contributed by atoms with van der Waals surface area (Å²) < 4.78 is 1.81. The van der Waals surface area contributed by atoms with E-state index in [1.807, 2.05) is 11.6 Å². The highest BCUT2D eigenvalue weighted by molar-refractivity contribution is 9.09. The number of aryl methyl sites for hydroxylation is 1. The highest BCUT2D eigenvalue weighted by atomic mass is 79.9. The largest absolute Gasteiger partial charge is 0.242 e. The first-order valence-electron chi connectivity index (χ1n) is 4.54. The van der Waals surface area contributed by atoms with Crippen molar-refractivity contribution in [3.8, 4) is 0 Å². The van der Waals surface area contributed by atoms with E-state index in [1.165, 1.54) is 4.80 Å². The number of alkyl halides is 1. The van der Waals surface area contributed by atoms with Crippen LogP contribution in [0.4, 0.5) is 0 Å². The van der Waals surface area contributed by atoms with Gasteiger partial charge in [0.25, 0.3) is 0 Å². The van der Waals surface area contributed by atoms with Gasteiger partial charge in [0.15, 0.2) is 0 Å². The van der Waals surface area contributed by atoms with Crippen LogP contribution in [-0.4, -0.2) is 30.0 Å². The Hall–Kier alpha value is -1.24. The van der Waals surface area contributed by atoms with Crippen molar-refractivity contribution in [3.63, 3.8) is 0 Å². The van der Waals surface area contributed by atoms with Gasteiger partial charge in [0.2, 0.25) is 0 Å². The Morgan fingerprint density at radius 2 is 2.27 bits per heavy atom. The lowest BCUT2D eigenvalue weighted by Crippen LogP contribution is -2.07. The molecule has 2 heterocycles. The number of hydrogen-bond donors (Lipinski definition) is 0. The second kappa shape index (κ2) is 4.09. The van der Waals surface area contributed by atoms with Crippen molar-refractivity contribution in [1.82, 2.24) is 30.0 Å². The Morgan fingerprint density at radius 3 is 2.87 bits per heavy atom. The molecule has 0 aliphatic heterocycles. The van der Waals surface area contributed by atoms with Gasteiger partial charge in [0.05, 0.1) is 29.5 Å². The first kappa shape index (κ1) is 10.3. The third-order valence-electron chi connectivity index (χ3n) is 2.01. The van der Waals surface area contributed by atoms with Crippen molar-refractivity contribution in [2.24, 2.45) is 7.05 Å². The molecule has 2 aromatic rings. The standard InChI is InChI=1S/C8H11BrN6/c1-6(9)8-4-10-13-15(8)5-7-3-11-14(2)12-7/h3-4,6H,5H2,1-2H3. The third kappa shape index (κ3) is 2.23. The number of hydrogen-bond acceptors (Lipinski definition) is 4. The van der Waals surface area contributed by atoms with E-state index in [9.17, 15) is 0 Å². The Kier molecular flexibility index (Phi) is 2.81. The minimum atomic E-state index is 0.226. The quantitative estimate of drug-likeness (QED) is 0.778. The van der Waals surface area contributed by atoms with Crippen molar-refractivity contribution in [3.05, 3.63) is 23.8 Å². The van der Waals surface area contributed by atoms with Crippen molar-refractivity contribution < 1.29 is 0 Å². The summed E-state index contributed by atoms with van der Waals surface area (Å²) in [6.45, 7) is 2.63. The van der Waals surface area contributed by atoms with Crippen LogP contribution in [0.3, 0.4) is 0 Å². The highest BCUT2D eigenvalue weighted by Gasteiger charge is 2.10. The van der Waals surface area contributed by atoms with Crippen molar-refractivity contribution >= 4 is 15.9 Å². The Labute approximate surface area is 95.4 Å². The summed E-state index contributed by atoms with van der Waals surface area (Å²) in [5.74, 6) is 0. The maximum atomic E-state index is 4.19. The predicted molar refractivity (Wildman–Crippen MR) is 57.5 cm³/mol. The first-order chi connectivity index (χ1) is 7.16. The van der Waals surface area contributed by atoms with Crippen molar-refractivity contribution in [2.75, 3.05) is 0 Å². The molecule has 2 aromatic heterocycles. The van der Waals surface area contributed by atoms with Gasteiger partial charge < -0.3 is 0 Å². The molecule has 0 aromatic carbocycles. The Morgan fingerprint density at radius 1 is 1.47 bits per heavy atom. The van der Waals surface area contributed by atoms with E-state index in [-0.39, 0.29) is 4.83 Å². The molecule has 0 saturated carbocycles. The molecular weight excluding hydrogens is 260 g/mol. The van der Waals surface area contributed by atoms with Gasteiger partial charge in [-0.05, 0) is 6.92 Å². The van der Waals surface area contributed by atoms with E-state index in [0.29, 0.717) is 6.54 Å². The van der Waals surface area contributed by atoms with E-state index >= 15 is 0 Å². The van der Waals surface area contributed by atoms with Crippen molar-refractivity contribution in [2.45, 2.75) is 18.3 Å². The molecule has 0 fully saturated rings. The normalized spacial score (nSPS) is 13.0. The van der Waals surface area contributed by atoms with E-state index in [1.54, 1.807) is 19.4 Å². The van der Waals surface area contributed by atoms with Crippen LogP contribution in [0.5, 0.6) is 0 Å². The van der Waals surface area contributed by atoms with Crippen LogP contribution >= 0.6 is 15.9 Å². The van der Waals surface area contributed by atoms with Crippen LogP contribution in [0.25, 0.3) is 0 Å². The molecule has 0 saturated heterocycles.